The van der Waals surface area contributed by atoms with Gasteiger partial charge in [0, 0.05) is 10.2 Å². The molecule has 0 saturated heterocycles. The minimum atomic E-state index is -3.60. The van der Waals surface area contributed by atoms with E-state index in [1.807, 2.05) is 19.9 Å². The Labute approximate surface area is 133 Å². The fourth-order valence-electron chi connectivity index (χ4n) is 1.74. The predicted octanol–water partition coefficient (Wildman–Crippen LogP) is 4.04. The molecular formula is C15H16BrNO3S. The highest BCUT2D eigenvalue weighted by molar-refractivity contribution is 9.10. The van der Waals surface area contributed by atoms with Crippen LogP contribution in [-0.4, -0.2) is 14.5 Å². The van der Waals surface area contributed by atoms with Gasteiger partial charge in [0.2, 0.25) is 0 Å². The maximum absolute atomic E-state index is 12.3. The summed E-state index contributed by atoms with van der Waals surface area (Å²) >= 11 is 3.31. The van der Waals surface area contributed by atoms with Gasteiger partial charge in [-0.05, 0) is 56.3 Å². The first-order chi connectivity index (χ1) is 9.87. The van der Waals surface area contributed by atoms with E-state index in [2.05, 4.69) is 20.7 Å². The summed E-state index contributed by atoms with van der Waals surface area (Å²) in [5.74, 6) is 0.645. The Morgan fingerprint density at radius 2 is 1.76 bits per heavy atom. The van der Waals surface area contributed by atoms with Crippen molar-refractivity contribution >= 4 is 31.6 Å². The van der Waals surface area contributed by atoms with Gasteiger partial charge in [-0.15, -0.1) is 0 Å². The zero-order chi connectivity index (χ0) is 15.5. The Bertz CT molecular complexity index is 712. The standard InChI is InChI=1S/C15H16BrNO3S/c1-11(2)20-14-6-8-15(9-7-14)21(18,19)17-13-5-3-4-12(16)10-13/h3-11,17H,1-2H3. The third-order valence-electron chi connectivity index (χ3n) is 2.58. The van der Waals surface area contributed by atoms with E-state index in [9.17, 15) is 8.42 Å². The molecule has 0 bridgehead atoms. The van der Waals surface area contributed by atoms with Crippen LogP contribution in [0.15, 0.2) is 57.9 Å². The Hall–Kier alpha value is -1.53. The average Bonchev–Trinajstić information content (AvgIpc) is 2.38. The van der Waals surface area contributed by atoms with Gasteiger partial charge in [-0.3, -0.25) is 4.72 Å². The third kappa shape index (κ3) is 4.47. The molecule has 4 nitrogen and oxygen atoms in total. The number of halogens is 1. The van der Waals surface area contributed by atoms with Crippen LogP contribution in [0.4, 0.5) is 5.69 Å². The van der Waals surface area contributed by atoms with Crippen molar-refractivity contribution < 1.29 is 13.2 Å². The molecule has 0 aliphatic carbocycles. The molecule has 0 aliphatic rings. The SMILES string of the molecule is CC(C)Oc1ccc(S(=O)(=O)Nc2cccc(Br)c2)cc1. The van der Waals surface area contributed by atoms with E-state index in [-0.39, 0.29) is 11.0 Å². The Kier molecular flexibility index (Phi) is 4.90. The highest BCUT2D eigenvalue weighted by atomic mass is 79.9. The van der Waals surface area contributed by atoms with Crippen molar-refractivity contribution in [1.29, 1.82) is 0 Å². The van der Waals surface area contributed by atoms with Gasteiger partial charge in [-0.1, -0.05) is 22.0 Å². The van der Waals surface area contributed by atoms with E-state index in [1.54, 1.807) is 30.3 Å². The minimum absolute atomic E-state index is 0.0484. The number of anilines is 1. The van der Waals surface area contributed by atoms with Gasteiger partial charge < -0.3 is 4.74 Å². The molecule has 0 amide bonds. The summed E-state index contributed by atoms with van der Waals surface area (Å²) in [5.41, 5.74) is 0.506. The first kappa shape index (κ1) is 15.9. The molecule has 0 saturated carbocycles. The first-order valence-electron chi connectivity index (χ1n) is 6.42. The van der Waals surface area contributed by atoms with Crippen LogP contribution in [0.3, 0.4) is 0 Å². The van der Waals surface area contributed by atoms with Crippen molar-refractivity contribution in [2.75, 3.05) is 4.72 Å². The fourth-order valence-corrected chi connectivity index (χ4v) is 3.18. The summed E-state index contributed by atoms with van der Waals surface area (Å²) in [6.07, 6.45) is 0.0484. The summed E-state index contributed by atoms with van der Waals surface area (Å²) in [6.45, 7) is 3.83. The lowest BCUT2D eigenvalue weighted by molar-refractivity contribution is 0.242. The van der Waals surface area contributed by atoms with Crippen molar-refractivity contribution in [2.24, 2.45) is 0 Å². The molecule has 0 spiro atoms. The summed E-state index contributed by atoms with van der Waals surface area (Å²) in [7, 11) is -3.60. The van der Waals surface area contributed by atoms with Gasteiger partial charge in [-0.25, -0.2) is 8.42 Å². The first-order valence-corrected chi connectivity index (χ1v) is 8.69. The second-order valence-electron chi connectivity index (χ2n) is 4.75. The van der Waals surface area contributed by atoms with Crippen molar-refractivity contribution in [1.82, 2.24) is 0 Å². The molecule has 2 aromatic rings. The van der Waals surface area contributed by atoms with E-state index in [1.165, 1.54) is 12.1 Å². The quantitative estimate of drug-likeness (QED) is 0.864. The number of rotatable bonds is 5. The lowest BCUT2D eigenvalue weighted by Gasteiger charge is -2.11. The molecule has 0 aromatic heterocycles. The summed E-state index contributed by atoms with van der Waals surface area (Å²) in [5, 5.41) is 0. The second kappa shape index (κ2) is 6.49. The van der Waals surface area contributed by atoms with Crippen LogP contribution < -0.4 is 9.46 Å². The normalized spacial score (nSPS) is 11.4. The van der Waals surface area contributed by atoms with Crippen LogP contribution in [0.5, 0.6) is 5.75 Å². The highest BCUT2D eigenvalue weighted by Crippen LogP contribution is 2.21. The molecule has 0 fully saturated rings. The lowest BCUT2D eigenvalue weighted by atomic mass is 10.3. The number of ether oxygens (including phenoxy) is 1. The molecule has 0 radical (unpaired) electrons. The van der Waals surface area contributed by atoms with Crippen LogP contribution in [0.1, 0.15) is 13.8 Å². The monoisotopic (exact) mass is 369 g/mol. The molecule has 2 aromatic carbocycles. The number of benzene rings is 2. The highest BCUT2D eigenvalue weighted by Gasteiger charge is 2.14. The molecule has 112 valence electrons. The summed E-state index contributed by atoms with van der Waals surface area (Å²) < 4.78 is 33.4. The molecule has 1 N–H and O–H groups in total. The maximum Gasteiger partial charge on any atom is 0.261 e. The van der Waals surface area contributed by atoms with Crippen molar-refractivity contribution in [3.05, 3.63) is 53.0 Å². The molecule has 2 rings (SSSR count). The predicted molar refractivity (Wildman–Crippen MR) is 87.2 cm³/mol. The zero-order valence-electron chi connectivity index (χ0n) is 11.7. The van der Waals surface area contributed by atoms with Gasteiger partial charge in [0.15, 0.2) is 0 Å². The van der Waals surface area contributed by atoms with Crippen LogP contribution in [0.25, 0.3) is 0 Å². The zero-order valence-corrected chi connectivity index (χ0v) is 14.1. The second-order valence-corrected chi connectivity index (χ2v) is 7.35. The fraction of sp³-hybridized carbons (Fsp3) is 0.200. The van der Waals surface area contributed by atoms with E-state index in [0.717, 1.165) is 4.47 Å². The molecule has 0 unspecified atom stereocenters. The van der Waals surface area contributed by atoms with Gasteiger partial charge in [0.25, 0.3) is 10.0 Å². The van der Waals surface area contributed by atoms with Crippen LogP contribution in [0.2, 0.25) is 0 Å². The van der Waals surface area contributed by atoms with Gasteiger partial charge >= 0.3 is 0 Å². The van der Waals surface area contributed by atoms with E-state index < -0.39 is 10.0 Å². The molecule has 0 aliphatic heterocycles. The van der Waals surface area contributed by atoms with Crippen molar-refractivity contribution in [3.63, 3.8) is 0 Å². The largest absolute Gasteiger partial charge is 0.491 e. The Morgan fingerprint density at radius 3 is 2.33 bits per heavy atom. The summed E-state index contributed by atoms with van der Waals surface area (Å²) in [4.78, 5) is 0.193. The number of hydrogen-bond acceptors (Lipinski definition) is 3. The molecule has 0 heterocycles. The smallest absolute Gasteiger partial charge is 0.261 e. The summed E-state index contributed by atoms with van der Waals surface area (Å²) in [6, 6.07) is 13.3. The van der Waals surface area contributed by atoms with Crippen LogP contribution in [0, 0.1) is 0 Å². The number of hydrogen-bond donors (Lipinski definition) is 1. The van der Waals surface area contributed by atoms with Gasteiger partial charge in [-0.2, -0.15) is 0 Å². The van der Waals surface area contributed by atoms with E-state index >= 15 is 0 Å². The number of nitrogens with one attached hydrogen (secondary N) is 1. The Balaban J connectivity index is 2.19. The van der Waals surface area contributed by atoms with E-state index in [4.69, 9.17) is 4.74 Å². The van der Waals surface area contributed by atoms with Gasteiger partial charge in [0.05, 0.1) is 11.0 Å². The lowest BCUT2D eigenvalue weighted by Crippen LogP contribution is -2.13. The van der Waals surface area contributed by atoms with Crippen LogP contribution in [-0.2, 0) is 10.0 Å². The molecule has 0 atom stereocenters. The van der Waals surface area contributed by atoms with Gasteiger partial charge in [0.1, 0.15) is 5.75 Å². The van der Waals surface area contributed by atoms with E-state index in [0.29, 0.717) is 11.4 Å². The van der Waals surface area contributed by atoms with Crippen molar-refractivity contribution in [2.45, 2.75) is 24.8 Å². The van der Waals surface area contributed by atoms with Crippen molar-refractivity contribution in [3.8, 4) is 5.75 Å². The molecule has 21 heavy (non-hydrogen) atoms. The topological polar surface area (TPSA) is 55.4 Å². The number of sulfonamides is 1. The third-order valence-corrected chi connectivity index (χ3v) is 4.47. The maximum atomic E-state index is 12.3. The molecule has 6 heteroatoms. The van der Waals surface area contributed by atoms with Crippen LogP contribution >= 0.6 is 15.9 Å². The average molecular weight is 370 g/mol. The molecular weight excluding hydrogens is 354 g/mol. The minimum Gasteiger partial charge on any atom is -0.491 e. The Morgan fingerprint density at radius 1 is 1.10 bits per heavy atom.